The SMILES string of the molecule is CC(=O)N[C@H](CCNC1(C2=CCCC(C(C)C)=C2)CCC(=O)CC1)Cc1cc(F)cc(F)c1. The van der Waals surface area contributed by atoms with Gasteiger partial charge >= 0.3 is 0 Å². The number of hydrogen-bond donors (Lipinski definition) is 2. The van der Waals surface area contributed by atoms with Crippen LogP contribution in [0.3, 0.4) is 0 Å². The van der Waals surface area contributed by atoms with Crippen LogP contribution in [0.2, 0.25) is 0 Å². The van der Waals surface area contributed by atoms with Crippen molar-refractivity contribution >= 4 is 11.7 Å². The van der Waals surface area contributed by atoms with E-state index >= 15 is 0 Å². The van der Waals surface area contributed by atoms with Crippen LogP contribution < -0.4 is 10.6 Å². The van der Waals surface area contributed by atoms with Crippen LogP contribution >= 0.6 is 0 Å². The predicted molar refractivity (Wildman–Crippen MR) is 127 cm³/mol. The molecule has 33 heavy (non-hydrogen) atoms. The number of carbonyl (C=O) groups excluding carboxylic acids is 2. The molecule has 1 atom stereocenters. The van der Waals surface area contributed by atoms with Gasteiger partial charge < -0.3 is 10.6 Å². The van der Waals surface area contributed by atoms with Gasteiger partial charge in [-0.2, -0.15) is 0 Å². The number of hydrogen-bond acceptors (Lipinski definition) is 3. The van der Waals surface area contributed by atoms with Crippen LogP contribution in [0.25, 0.3) is 0 Å². The van der Waals surface area contributed by atoms with E-state index in [9.17, 15) is 18.4 Å². The molecule has 0 bridgehead atoms. The number of halogens is 2. The third-order valence-electron chi connectivity index (χ3n) is 6.86. The van der Waals surface area contributed by atoms with Crippen LogP contribution in [0.15, 0.2) is 41.5 Å². The summed E-state index contributed by atoms with van der Waals surface area (Å²) in [5.41, 5.74) is 2.98. The average molecular weight is 459 g/mol. The Balaban J connectivity index is 1.72. The van der Waals surface area contributed by atoms with E-state index in [0.717, 1.165) is 31.7 Å². The monoisotopic (exact) mass is 458 g/mol. The van der Waals surface area contributed by atoms with Gasteiger partial charge in [0.15, 0.2) is 0 Å². The lowest BCUT2D eigenvalue weighted by molar-refractivity contribution is -0.121. The average Bonchev–Trinajstić information content (AvgIpc) is 2.74. The molecule has 0 aromatic heterocycles. The van der Waals surface area contributed by atoms with E-state index in [1.165, 1.54) is 30.2 Å². The minimum Gasteiger partial charge on any atom is -0.353 e. The second-order valence-electron chi connectivity index (χ2n) is 9.79. The Bertz CT molecular complexity index is 906. The minimum absolute atomic E-state index is 0.172. The van der Waals surface area contributed by atoms with Crippen molar-refractivity contribution in [3.8, 4) is 0 Å². The summed E-state index contributed by atoms with van der Waals surface area (Å²) in [4.78, 5) is 23.8. The smallest absolute Gasteiger partial charge is 0.217 e. The first-order chi connectivity index (χ1) is 15.7. The number of benzene rings is 1. The molecule has 1 saturated carbocycles. The van der Waals surface area contributed by atoms with Crippen molar-refractivity contribution in [3.63, 3.8) is 0 Å². The van der Waals surface area contributed by atoms with E-state index in [2.05, 4.69) is 36.6 Å². The summed E-state index contributed by atoms with van der Waals surface area (Å²) in [6.07, 6.45) is 10.3. The van der Waals surface area contributed by atoms with Gasteiger partial charge in [-0.1, -0.05) is 31.6 Å². The molecule has 0 heterocycles. The van der Waals surface area contributed by atoms with E-state index in [-0.39, 0.29) is 17.5 Å². The molecule has 180 valence electrons. The number of ketones is 1. The lowest BCUT2D eigenvalue weighted by Crippen LogP contribution is -2.51. The van der Waals surface area contributed by atoms with Crippen molar-refractivity contribution in [1.82, 2.24) is 10.6 Å². The molecule has 6 heteroatoms. The predicted octanol–water partition coefficient (Wildman–Crippen LogP) is 5.18. The molecule has 0 unspecified atom stereocenters. The summed E-state index contributed by atoms with van der Waals surface area (Å²) in [6.45, 7) is 6.50. The molecular weight excluding hydrogens is 422 g/mol. The second-order valence-corrected chi connectivity index (χ2v) is 9.79. The van der Waals surface area contributed by atoms with Gasteiger partial charge in [-0.3, -0.25) is 9.59 Å². The van der Waals surface area contributed by atoms with Crippen LogP contribution in [-0.2, 0) is 16.0 Å². The van der Waals surface area contributed by atoms with Gasteiger partial charge in [-0.05, 0) is 74.3 Å². The zero-order chi connectivity index (χ0) is 24.0. The molecule has 3 rings (SSSR count). The van der Waals surface area contributed by atoms with Crippen molar-refractivity contribution in [2.45, 2.75) is 83.7 Å². The van der Waals surface area contributed by atoms with Gasteiger partial charge in [0.1, 0.15) is 17.4 Å². The van der Waals surface area contributed by atoms with Crippen molar-refractivity contribution < 1.29 is 18.4 Å². The summed E-state index contributed by atoms with van der Waals surface area (Å²) in [7, 11) is 0. The highest BCUT2D eigenvalue weighted by atomic mass is 19.1. The zero-order valence-electron chi connectivity index (χ0n) is 20.0. The summed E-state index contributed by atoms with van der Waals surface area (Å²) in [5.74, 6) is -0.609. The number of allylic oxidation sites excluding steroid dienone is 2. The fourth-order valence-corrected chi connectivity index (χ4v) is 5.05. The van der Waals surface area contributed by atoms with Gasteiger partial charge in [0.25, 0.3) is 0 Å². The number of nitrogens with one attached hydrogen (secondary N) is 2. The Hall–Kier alpha value is -2.34. The van der Waals surface area contributed by atoms with Crippen LogP contribution in [0, 0.1) is 17.6 Å². The fourth-order valence-electron chi connectivity index (χ4n) is 5.05. The molecule has 1 aromatic rings. The highest BCUT2D eigenvalue weighted by Crippen LogP contribution is 2.38. The van der Waals surface area contributed by atoms with Crippen LogP contribution in [-0.4, -0.2) is 29.8 Å². The lowest BCUT2D eigenvalue weighted by Gasteiger charge is -2.41. The van der Waals surface area contributed by atoms with Crippen molar-refractivity contribution in [1.29, 1.82) is 0 Å². The zero-order valence-corrected chi connectivity index (χ0v) is 20.0. The molecule has 0 radical (unpaired) electrons. The number of amides is 1. The first-order valence-electron chi connectivity index (χ1n) is 12.1. The molecule has 4 nitrogen and oxygen atoms in total. The highest BCUT2D eigenvalue weighted by Gasteiger charge is 2.37. The lowest BCUT2D eigenvalue weighted by atomic mass is 9.72. The Morgan fingerprint density at radius 2 is 1.76 bits per heavy atom. The number of Topliss-reactive ketones (excluding diaryl/α,β-unsaturated/α-hetero) is 1. The first kappa shape index (κ1) is 25.3. The molecule has 0 spiro atoms. The summed E-state index contributed by atoms with van der Waals surface area (Å²) < 4.78 is 27.3. The molecule has 1 amide bonds. The quantitative estimate of drug-likeness (QED) is 0.536. The molecule has 2 aliphatic rings. The van der Waals surface area contributed by atoms with Gasteiger partial charge in [-0.15, -0.1) is 0 Å². The third kappa shape index (κ3) is 7.07. The van der Waals surface area contributed by atoms with Crippen LogP contribution in [0.4, 0.5) is 8.78 Å². The molecular formula is C27H36F2N2O2. The van der Waals surface area contributed by atoms with Crippen molar-refractivity contribution in [2.24, 2.45) is 5.92 Å². The third-order valence-corrected chi connectivity index (χ3v) is 6.86. The van der Waals surface area contributed by atoms with Crippen LogP contribution in [0.5, 0.6) is 0 Å². The van der Waals surface area contributed by atoms with Gasteiger partial charge in [0.2, 0.25) is 5.91 Å². The first-order valence-corrected chi connectivity index (χ1v) is 12.1. The maximum Gasteiger partial charge on any atom is 0.217 e. The Labute approximate surface area is 195 Å². The molecule has 1 fully saturated rings. The van der Waals surface area contributed by atoms with E-state index < -0.39 is 11.6 Å². The molecule has 0 aliphatic heterocycles. The number of carbonyl (C=O) groups is 2. The summed E-state index contributed by atoms with van der Waals surface area (Å²) in [5, 5.41) is 6.65. The van der Waals surface area contributed by atoms with Gasteiger partial charge in [-0.25, -0.2) is 8.78 Å². The van der Waals surface area contributed by atoms with E-state index in [4.69, 9.17) is 0 Å². The maximum atomic E-state index is 13.6. The minimum atomic E-state index is -0.618. The van der Waals surface area contributed by atoms with Gasteiger partial charge in [0.05, 0.1) is 0 Å². The molecule has 2 N–H and O–H groups in total. The Kier molecular flexibility index (Phi) is 8.57. The standard InChI is InChI=1S/C27H36F2N2O2/c1-18(2)21-5-4-6-22(16-21)27(10-7-26(33)8-11-27)30-12-9-25(31-19(3)32)15-20-13-23(28)17-24(29)14-20/h6,13-14,16-18,25,30H,4-5,7-12,15H2,1-3H3,(H,31,32)/t25-/m1/s1. The second kappa shape index (κ2) is 11.2. The normalized spacial score (nSPS) is 19.2. The summed E-state index contributed by atoms with van der Waals surface area (Å²) in [6, 6.07) is 3.22. The topological polar surface area (TPSA) is 58.2 Å². The van der Waals surface area contributed by atoms with Crippen molar-refractivity contribution in [2.75, 3.05) is 6.54 Å². The molecule has 2 aliphatic carbocycles. The fraction of sp³-hybridized carbons (Fsp3) is 0.556. The van der Waals surface area contributed by atoms with E-state index in [1.807, 2.05) is 0 Å². The van der Waals surface area contributed by atoms with Crippen LogP contribution in [0.1, 0.15) is 71.3 Å². The van der Waals surface area contributed by atoms with Crippen molar-refractivity contribution in [3.05, 3.63) is 58.7 Å². The molecule has 1 aromatic carbocycles. The Morgan fingerprint density at radius 3 is 2.36 bits per heavy atom. The maximum absolute atomic E-state index is 13.6. The van der Waals surface area contributed by atoms with E-state index in [1.54, 1.807) is 0 Å². The number of rotatable bonds is 9. The van der Waals surface area contributed by atoms with Gasteiger partial charge in [0, 0.05) is 37.4 Å². The summed E-state index contributed by atoms with van der Waals surface area (Å²) >= 11 is 0. The highest BCUT2D eigenvalue weighted by molar-refractivity contribution is 5.80. The molecule has 0 saturated heterocycles. The largest absolute Gasteiger partial charge is 0.353 e. The Morgan fingerprint density at radius 1 is 1.09 bits per heavy atom. The van der Waals surface area contributed by atoms with E-state index in [0.29, 0.717) is 49.5 Å².